The Morgan fingerprint density at radius 2 is 2.20 bits per heavy atom. The van der Waals surface area contributed by atoms with Crippen molar-refractivity contribution in [2.75, 3.05) is 6.61 Å². The molecule has 1 fully saturated rings. The Bertz CT molecular complexity index is 145. The molecule has 58 valence electrons. The predicted molar refractivity (Wildman–Crippen MR) is 32.4 cm³/mol. The maximum absolute atomic E-state index is 10.6. The van der Waals surface area contributed by atoms with Crippen LogP contribution in [0.4, 0.5) is 0 Å². The summed E-state index contributed by atoms with van der Waals surface area (Å²) in [7, 11) is 0. The molecule has 0 bridgehead atoms. The molecule has 3 atom stereocenters. The molecule has 0 unspecified atom stereocenters. The molecule has 0 aromatic carbocycles. The largest absolute Gasteiger partial charge is 0.387 e. The molecule has 1 aliphatic rings. The third-order valence-electron chi connectivity index (χ3n) is 1.62. The van der Waals surface area contributed by atoms with Gasteiger partial charge in [0.1, 0.15) is 18.8 Å². The molecule has 10 heavy (non-hydrogen) atoms. The van der Waals surface area contributed by atoms with E-state index in [1.165, 1.54) is 0 Å². The van der Waals surface area contributed by atoms with Gasteiger partial charge in [-0.1, -0.05) is 0 Å². The highest BCUT2D eigenvalue weighted by Gasteiger charge is 2.34. The monoisotopic (exact) mass is 146 g/mol. The average Bonchev–Trinajstić information content (AvgIpc) is 1.93. The standard InChI is InChI=1S/C6H10O4/c1-3-5(8)6(9)4(7)2-10-3/h3,5-6,8-9H,2H2,1H3/t3-,5-,6-/m0/s1. The van der Waals surface area contributed by atoms with Gasteiger partial charge in [-0.25, -0.2) is 0 Å². The Labute approximate surface area is 58.4 Å². The number of ketones is 1. The lowest BCUT2D eigenvalue weighted by Gasteiger charge is -2.28. The summed E-state index contributed by atoms with van der Waals surface area (Å²) in [5.74, 6) is -0.453. The van der Waals surface area contributed by atoms with Gasteiger partial charge in [0.25, 0.3) is 0 Å². The fraction of sp³-hybridized carbons (Fsp3) is 0.833. The number of rotatable bonds is 0. The molecule has 1 aliphatic heterocycles. The van der Waals surface area contributed by atoms with Gasteiger partial charge in [0, 0.05) is 0 Å². The molecule has 0 spiro atoms. The van der Waals surface area contributed by atoms with Crippen LogP contribution in [0.5, 0.6) is 0 Å². The van der Waals surface area contributed by atoms with E-state index in [-0.39, 0.29) is 6.61 Å². The molecular weight excluding hydrogens is 136 g/mol. The minimum Gasteiger partial charge on any atom is -0.387 e. The first-order valence-electron chi connectivity index (χ1n) is 3.13. The van der Waals surface area contributed by atoms with Gasteiger partial charge >= 0.3 is 0 Å². The lowest BCUT2D eigenvalue weighted by Crippen LogP contribution is -2.49. The third-order valence-corrected chi connectivity index (χ3v) is 1.62. The number of hydrogen-bond acceptors (Lipinski definition) is 4. The zero-order valence-electron chi connectivity index (χ0n) is 5.65. The van der Waals surface area contributed by atoms with Gasteiger partial charge in [0.2, 0.25) is 0 Å². The molecule has 1 heterocycles. The van der Waals surface area contributed by atoms with Crippen molar-refractivity contribution in [3.8, 4) is 0 Å². The van der Waals surface area contributed by atoms with Crippen molar-refractivity contribution >= 4 is 5.78 Å². The van der Waals surface area contributed by atoms with E-state index in [1.54, 1.807) is 6.92 Å². The minimum atomic E-state index is -1.26. The quantitative estimate of drug-likeness (QED) is 0.445. The van der Waals surface area contributed by atoms with E-state index >= 15 is 0 Å². The van der Waals surface area contributed by atoms with Crippen molar-refractivity contribution in [2.45, 2.75) is 25.2 Å². The number of ether oxygens (including phenoxy) is 1. The molecule has 2 N–H and O–H groups in total. The van der Waals surface area contributed by atoms with Crippen molar-refractivity contribution in [3.63, 3.8) is 0 Å². The molecule has 0 aromatic heterocycles. The zero-order chi connectivity index (χ0) is 7.72. The minimum absolute atomic E-state index is 0.0978. The van der Waals surface area contributed by atoms with Crippen LogP contribution in [0.15, 0.2) is 0 Å². The Morgan fingerprint density at radius 1 is 1.60 bits per heavy atom. The highest BCUT2D eigenvalue weighted by molar-refractivity contribution is 5.85. The van der Waals surface area contributed by atoms with Gasteiger partial charge in [-0.05, 0) is 6.92 Å². The van der Waals surface area contributed by atoms with E-state index < -0.39 is 24.1 Å². The molecule has 4 heteroatoms. The fourth-order valence-corrected chi connectivity index (χ4v) is 0.845. The number of carbonyl (C=O) groups excluding carboxylic acids is 1. The van der Waals surface area contributed by atoms with Crippen molar-refractivity contribution in [3.05, 3.63) is 0 Å². The Kier molecular flexibility index (Phi) is 2.03. The SMILES string of the molecule is C[C@@H]1OCC(=O)[C@H](O)[C@H]1O. The van der Waals surface area contributed by atoms with E-state index in [2.05, 4.69) is 0 Å². The summed E-state index contributed by atoms with van der Waals surface area (Å²) in [6.07, 6.45) is -2.78. The maximum Gasteiger partial charge on any atom is 0.189 e. The van der Waals surface area contributed by atoms with E-state index in [0.717, 1.165) is 0 Å². The second-order valence-electron chi connectivity index (χ2n) is 2.42. The summed E-state index contributed by atoms with van der Waals surface area (Å²) in [4.78, 5) is 10.6. The van der Waals surface area contributed by atoms with Crippen molar-refractivity contribution in [1.29, 1.82) is 0 Å². The number of aliphatic hydroxyl groups excluding tert-OH is 2. The van der Waals surface area contributed by atoms with Crippen LogP contribution in [0.3, 0.4) is 0 Å². The number of Topliss-reactive ketones (excluding diaryl/α,β-unsaturated/α-hetero) is 1. The van der Waals surface area contributed by atoms with Crippen LogP contribution in [-0.2, 0) is 9.53 Å². The normalized spacial score (nSPS) is 41.9. The van der Waals surface area contributed by atoms with Gasteiger partial charge in [-0.2, -0.15) is 0 Å². The maximum atomic E-state index is 10.6. The van der Waals surface area contributed by atoms with E-state index in [4.69, 9.17) is 14.9 Å². The Hall–Kier alpha value is -0.450. The molecule has 0 radical (unpaired) electrons. The van der Waals surface area contributed by atoms with Crippen LogP contribution in [0.1, 0.15) is 6.92 Å². The van der Waals surface area contributed by atoms with Gasteiger partial charge in [0.05, 0.1) is 6.10 Å². The topological polar surface area (TPSA) is 66.8 Å². The highest BCUT2D eigenvalue weighted by atomic mass is 16.5. The van der Waals surface area contributed by atoms with Crippen molar-refractivity contribution in [1.82, 2.24) is 0 Å². The highest BCUT2D eigenvalue weighted by Crippen LogP contribution is 2.10. The summed E-state index contributed by atoms with van der Waals surface area (Å²) in [5.41, 5.74) is 0. The molecule has 4 nitrogen and oxygen atoms in total. The van der Waals surface area contributed by atoms with Crippen molar-refractivity contribution < 1.29 is 19.7 Å². The van der Waals surface area contributed by atoms with Gasteiger partial charge in [0.15, 0.2) is 5.78 Å². The van der Waals surface area contributed by atoms with Crippen LogP contribution in [0, 0.1) is 0 Å². The second-order valence-corrected chi connectivity index (χ2v) is 2.42. The van der Waals surface area contributed by atoms with Crippen LogP contribution in [0.25, 0.3) is 0 Å². The van der Waals surface area contributed by atoms with Crippen LogP contribution in [-0.4, -0.2) is 40.9 Å². The van der Waals surface area contributed by atoms with Gasteiger partial charge in [-0.15, -0.1) is 0 Å². The molecule has 0 amide bonds. The number of aliphatic hydroxyl groups is 2. The van der Waals surface area contributed by atoms with E-state index in [9.17, 15) is 4.79 Å². The first kappa shape index (κ1) is 7.65. The van der Waals surface area contributed by atoms with Crippen LogP contribution >= 0.6 is 0 Å². The van der Waals surface area contributed by atoms with Crippen LogP contribution < -0.4 is 0 Å². The van der Waals surface area contributed by atoms with Crippen LogP contribution in [0.2, 0.25) is 0 Å². The van der Waals surface area contributed by atoms with Gasteiger partial charge < -0.3 is 14.9 Å². The van der Waals surface area contributed by atoms with E-state index in [1.807, 2.05) is 0 Å². The number of carbonyl (C=O) groups is 1. The average molecular weight is 146 g/mol. The second kappa shape index (κ2) is 2.65. The lowest BCUT2D eigenvalue weighted by atomic mass is 10.0. The Morgan fingerprint density at radius 3 is 2.70 bits per heavy atom. The molecule has 1 saturated heterocycles. The first-order valence-corrected chi connectivity index (χ1v) is 3.13. The molecule has 0 saturated carbocycles. The number of hydrogen-bond donors (Lipinski definition) is 2. The van der Waals surface area contributed by atoms with Gasteiger partial charge in [-0.3, -0.25) is 4.79 Å². The summed E-state index contributed by atoms with van der Waals surface area (Å²) >= 11 is 0. The molecule has 0 aliphatic carbocycles. The summed E-state index contributed by atoms with van der Waals surface area (Å²) in [6, 6.07) is 0. The predicted octanol–water partition coefficient (Wildman–Crippen LogP) is -1.30. The summed E-state index contributed by atoms with van der Waals surface area (Å²) in [5, 5.41) is 18.0. The third kappa shape index (κ3) is 1.18. The lowest BCUT2D eigenvalue weighted by molar-refractivity contribution is -0.163. The summed E-state index contributed by atoms with van der Waals surface area (Å²) in [6.45, 7) is 1.51. The molecule has 0 aromatic rings. The van der Waals surface area contributed by atoms with Crippen molar-refractivity contribution in [2.24, 2.45) is 0 Å². The molecular formula is C6H10O4. The first-order chi connectivity index (χ1) is 4.63. The smallest absolute Gasteiger partial charge is 0.189 e. The summed E-state index contributed by atoms with van der Waals surface area (Å²) < 4.78 is 4.81. The van der Waals surface area contributed by atoms with E-state index in [0.29, 0.717) is 0 Å². The fourth-order valence-electron chi connectivity index (χ4n) is 0.845. The molecule has 1 rings (SSSR count). The zero-order valence-corrected chi connectivity index (χ0v) is 5.65. The Balaban J connectivity index is 2.60.